The molecule has 1 heterocycles. The molecule has 1 unspecified atom stereocenters. The van der Waals surface area contributed by atoms with Gasteiger partial charge in [0.15, 0.2) is 5.69 Å². The van der Waals surface area contributed by atoms with Crippen LogP contribution in [0.5, 0.6) is 0 Å². The van der Waals surface area contributed by atoms with Gasteiger partial charge in [0.1, 0.15) is 0 Å². The Labute approximate surface area is 140 Å². The van der Waals surface area contributed by atoms with E-state index in [1.807, 2.05) is 0 Å². The van der Waals surface area contributed by atoms with Crippen molar-refractivity contribution < 1.29 is 18.0 Å². The van der Waals surface area contributed by atoms with E-state index >= 15 is 0 Å². The highest BCUT2D eigenvalue weighted by atomic mass is 35.5. The van der Waals surface area contributed by atoms with Gasteiger partial charge in [-0.15, -0.1) is 0 Å². The van der Waals surface area contributed by atoms with Crippen LogP contribution in [0.2, 0.25) is 10.0 Å². The Hall–Kier alpha value is -1.73. The molecule has 0 radical (unpaired) electrons. The summed E-state index contributed by atoms with van der Waals surface area (Å²) in [5.41, 5.74) is -1.23. The summed E-state index contributed by atoms with van der Waals surface area (Å²) < 4.78 is 39.6. The third kappa shape index (κ3) is 3.97. The third-order valence-electron chi connectivity index (χ3n) is 3.12. The normalized spacial score (nSPS) is 13.0. The number of carbonyl (C=O) groups excluding carboxylic acids is 1. The highest BCUT2D eigenvalue weighted by Crippen LogP contribution is 2.31. The van der Waals surface area contributed by atoms with Gasteiger partial charge in [0, 0.05) is 23.3 Å². The molecule has 2 rings (SSSR count). The summed E-state index contributed by atoms with van der Waals surface area (Å²) in [7, 11) is 1.31. The number of hydrogen-bond acceptors (Lipinski definition) is 2. The fraction of sp³-hybridized carbons (Fsp3) is 0.286. The molecule has 0 saturated carbocycles. The first-order valence-corrected chi connectivity index (χ1v) is 7.22. The average Bonchev–Trinajstić information content (AvgIpc) is 2.80. The highest BCUT2D eigenvalue weighted by molar-refractivity contribution is 6.35. The summed E-state index contributed by atoms with van der Waals surface area (Å²) in [6.45, 7) is 1.61. The van der Waals surface area contributed by atoms with Gasteiger partial charge in [-0.1, -0.05) is 29.3 Å². The number of nitrogens with one attached hydrogen (secondary N) is 1. The van der Waals surface area contributed by atoms with Gasteiger partial charge in [-0.05, 0) is 24.6 Å². The lowest BCUT2D eigenvalue weighted by molar-refractivity contribution is -0.141. The number of aromatic nitrogens is 2. The van der Waals surface area contributed by atoms with E-state index in [-0.39, 0.29) is 0 Å². The average molecular weight is 366 g/mol. The molecule has 23 heavy (non-hydrogen) atoms. The standard InChI is InChI=1S/C14H12Cl2F3N3O/c1-7(9-4-3-8(15)5-11(9)16)20-13(23)10-6-22(2)21-12(10)14(17,18)19/h3-7H,1-2H3,(H,20,23). The van der Waals surface area contributed by atoms with Crippen LogP contribution in [0.3, 0.4) is 0 Å². The van der Waals surface area contributed by atoms with Crippen LogP contribution in [0.4, 0.5) is 13.2 Å². The van der Waals surface area contributed by atoms with Gasteiger partial charge in [-0.25, -0.2) is 0 Å². The smallest absolute Gasteiger partial charge is 0.345 e. The minimum Gasteiger partial charge on any atom is -0.345 e. The van der Waals surface area contributed by atoms with Crippen molar-refractivity contribution in [1.29, 1.82) is 0 Å². The first-order chi connectivity index (χ1) is 10.6. The topological polar surface area (TPSA) is 46.9 Å². The van der Waals surface area contributed by atoms with Crippen LogP contribution in [-0.2, 0) is 13.2 Å². The molecule has 1 N–H and O–H groups in total. The molecule has 124 valence electrons. The fourth-order valence-corrected chi connectivity index (χ4v) is 2.64. The summed E-state index contributed by atoms with van der Waals surface area (Å²) in [6.07, 6.45) is -3.69. The predicted molar refractivity (Wildman–Crippen MR) is 80.6 cm³/mol. The lowest BCUT2D eigenvalue weighted by Crippen LogP contribution is -2.28. The highest BCUT2D eigenvalue weighted by Gasteiger charge is 2.39. The van der Waals surface area contributed by atoms with E-state index in [1.165, 1.54) is 13.1 Å². The molecule has 0 spiro atoms. The van der Waals surface area contributed by atoms with Crippen LogP contribution >= 0.6 is 23.2 Å². The van der Waals surface area contributed by atoms with Crippen molar-refractivity contribution >= 4 is 29.1 Å². The lowest BCUT2D eigenvalue weighted by Gasteiger charge is -2.16. The quantitative estimate of drug-likeness (QED) is 0.884. The Kier molecular flexibility index (Phi) is 4.91. The van der Waals surface area contributed by atoms with E-state index in [1.54, 1.807) is 19.1 Å². The maximum absolute atomic E-state index is 12.9. The van der Waals surface area contributed by atoms with Crippen molar-refractivity contribution in [3.63, 3.8) is 0 Å². The first-order valence-electron chi connectivity index (χ1n) is 6.46. The second-order valence-corrected chi connectivity index (χ2v) is 5.77. The summed E-state index contributed by atoms with van der Waals surface area (Å²) in [5.74, 6) is -0.885. The van der Waals surface area contributed by atoms with Crippen LogP contribution < -0.4 is 5.32 Å². The molecular formula is C14H12Cl2F3N3O. The number of nitrogens with zero attached hydrogens (tertiary/aromatic N) is 2. The van der Waals surface area contributed by atoms with Crippen molar-refractivity contribution in [1.82, 2.24) is 15.1 Å². The number of halogens is 5. The molecule has 0 saturated heterocycles. The number of hydrogen-bond donors (Lipinski definition) is 1. The Morgan fingerprint density at radius 2 is 2.00 bits per heavy atom. The van der Waals surface area contributed by atoms with E-state index in [0.29, 0.717) is 15.6 Å². The van der Waals surface area contributed by atoms with Crippen molar-refractivity contribution in [3.05, 3.63) is 51.3 Å². The minimum atomic E-state index is -4.71. The molecule has 0 bridgehead atoms. The number of benzene rings is 1. The Bertz CT molecular complexity index is 743. The number of rotatable bonds is 3. The van der Waals surface area contributed by atoms with Gasteiger partial charge in [-0.3, -0.25) is 9.48 Å². The largest absolute Gasteiger partial charge is 0.435 e. The summed E-state index contributed by atoms with van der Waals surface area (Å²) >= 11 is 11.8. The van der Waals surface area contributed by atoms with Crippen LogP contribution in [0.15, 0.2) is 24.4 Å². The first kappa shape index (κ1) is 17.6. The van der Waals surface area contributed by atoms with Crippen LogP contribution in [-0.4, -0.2) is 15.7 Å². The number of aryl methyl sites for hydroxylation is 1. The summed E-state index contributed by atoms with van der Waals surface area (Å²) in [6, 6.07) is 4.07. The second kappa shape index (κ2) is 6.41. The van der Waals surface area contributed by atoms with Gasteiger partial charge >= 0.3 is 6.18 Å². The number of amides is 1. The maximum atomic E-state index is 12.9. The maximum Gasteiger partial charge on any atom is 0.435 e. The van der Waals surface area contributed by atoms with Gasteiger partial charge in [-0.2, -0.15) is 18.3 Å². The Morgan fingerprint density at radius 1 is 1.35 bits per heavy atom. The van der Waals surface area contributed by atoms with Gasteiger partial charge < -0.3 is 5.32 Å². The summed E-state index contributed by atoms with van der Waals surface area (Å²) in [5, 5.41) is 6.51. The van der Waals surface area contributed by atoms with E-state index in [0.717, 1.165) is 10.9 Å². The molecule has 1 amide bonds. The predicted octanol–water partition coefficient (Wildman–Crippen LogP) is 4.24. The summed E-state index contributed by atoms with van der Waals surface area (Å²) in [4.78, 5) is 12.2. The van der Waals surface area contributed by atoms with Gasteiger partial charge in [0.2, 0.25) is 0 Å². The van der Waals surface area contributed by atoms with E-state index < -0.39 is 29.4 Å². The molecule has 9 heteroatoms. The van der Waals surface area contributed by atoms with E-state index in [4.69, 9.17) is 23.2 Å². The molecule has 0 fully saturated rings. The molecule has 0 aliphatic rings. The van der Waals surface area contributed by atoms with Crippen molar-refractivity contribution in [2.24, 2.45) is 7.05 Å². The number of alkyl halides is 3. The molecule has 1 atom stereocenters. The van der Waals surface area contributed by atoms with E-state index in [9.17, 15) is 18.0 Å². The van der Waals surface area contributed by atoms with Crippen molar-refractivity contribution in [2.75, 3.05) is 0 Å². The zero-order valence-corrected chi connectivity index (χ0v) is 13.6. The zero-order valence-electron chi connectivity index (χ0n) is 12.1. The van der Waals surface area contributed by atoms with Crippen molar-refractivity contribution in [2.45, 2.75) is 19.1 Å². The Morgan fingerprint density at radius 3 is 2.57 bits per heavy atom. The molecule has 4 nitrogen and oxygen atoms in total. The van der Waals surface area contributed by atoms with Gasteiger partial charge in [0.05, 0.1) is 11.6 Å². The zero-order chi connectivity index (χ0) is 17.4. The minimum absolute atomic E-state index is 0.313. The fourth-order valence-electron chi connectivity index (χ4n) is 2.07. The molecule has 0 aliphatic heterocycles. The van der Waals surface area contributed by atoms with Crippen molar-refractivity contribution in [3.8, 4) is 0 Å². The van der Waals surface area contributed by atoms with Crippen LogP contribution in [0.25, 0.3) is 0 Å². The van der Waals surface area contributed by atoms with Crippen LogP contribution in [0.1, 0.15) is 34.6 Å². The molecule has 0 aliphatic carbocycles. The molecule has 1 aromatic heterocycles. The molecule has 2 aromatic rings. The third-order valence-corrected chi connectivity index (χ3v) is 3.68. The lowest BCUT2D eigenvalue weighted by atomic mass is 10.1. The van der Waals surface area contributed by atoms with Crippen LogP contribution in [0, 0.1) is 0 Å². The monoisotopic (exact) mass is 365 g/mol. The number of carbonyl (C=O) groups is 1. The second-order valence-electron chi connectivity index (χ2n) is 4.92. The molecule has 1 aromatic carbocycles. The van der Waals surface area contributed by atoms with E-state index in [2.05, 4.69) is 10.4 Å². The molecular weight excluding hydrogens is 354 g/mol. The Balaban J connectivity index is 2.25. The SMILES string of the molecule is CC(NC(=O)c1cn(C)nc1C(F)(F)F)c1ccc(Cl)cc1Cl. The van der Waals surface area contributed by atoms with Gasteiger partial charge in [0.25, 0.3) is 5.91 Å².